The van der Waals surface area contributed by atoms with Crippen LogP contribution in [0.1, 0.15) is 43.7 Å². The fourth-order valence-corrected chi connectivity index (χ4v) is 3.14. The van der Waals surface area contributed by atoms with E-state index in [-0.39, 0.29) is 5.91 Å². The smallest absolute Gasteiger partial charge is 0.274 e. The molecule has 3 nitrogen and oxygen atoms in total. The number of allylic oxidation sites excluding steroid dienone is 4. The molecule has 2 aromatic rings. The van der Waals surface area contributed by atoms with Crippen molar-refractivity contribution in [3.63, 3.8) is 0 Å². The number of benzene rings is 2. The zero-order chi connectivity index (χ0) is 21.1. The molecule has 0 bridgehead atoms. The molecule has 1 amide bonds. The van der Waals surface area contributed by atoms with Gasteiger partial charge in [-0.15, -0.1) is 0 Å². The van der Waals surface area contributed by atoms with Crippen LogP contribution >= 0.6 is 0 Å². The van der Waals surface area contributed by atoms with Gasteiger partial charge in [-0.2, -0.15) is 0 Å². The van der Waals surface area contributed by atoms with Crippen LogP contribution in [0, 0.1) is 0 Å². The van der Waals surface area contributed by atoms with Crippen LogP contribution in [0.25, 0.3) is 11.1 Å². The second kappa shape index (κ2) is 11.8. The lowest BCUT2D eigenvalue weighted by molar-refractivity contribution is -0.161. The number of rotatable bonds is 10. The summed E-state index contributed by atoms with van der Waals surface area (Å²) < 4.78 is 0. The summed E-state index contributed by atoms with van der Waals surface area (Å²) in [6.07, 6.45) is 8.74. The molecule has 0 aliphatic rings. The van der Waals surface area contributed by atoms with E-state index in [0.717, 1.165) is 35.1 Å². The quantitative estimate of drug-likeness (QED) is 0.157. The largest absolute Gasteiger partial charge is 0.278 e. The van der Waals surface area contributed by atoms with Gasteiger partial charge in [0.25, 0.3) is 5.91 Å². The molecule has 0 heterocycles. The molecule has 2 aromatic carbocycles. The van der Waals surface area contributed by atoms with E-state index in [1.165, 1.54) is 25.0 Å². The summed E-state index contributed by atoms with van der Waals surface area (Å²) in [5, 5.41) is 1.25. The van der Waals surface area contributed by atoms with E-state index in [1.807, 2.05) is 66.7 Å². The Morgan fingerprint density at radius 3 is 2.03 bits per heavy atom. The second-order valence-electron chi connectivity index (χ2n) is 6.89. The monoisotopic (exact) mass is 389 g/mol. The highest BCUT2D eigenvalue weighted by Crippen LogP contribution is 2.33. The van der Waals surface area contributed by atoms with Crippen molar-refractivity contribution >= 4 is 17.1 Å². The molecule has 0 fully saturated rings. The van der Waals surface area contributed by atoms with Crippen LogP contribution < -0.4 is 0 Å². The fraction of sp³-hybridized carbons (Fsp3) is 0.269. The number of likely N-dealkylation sites (N-methyl/N-ethyl adjacent to an activating group) is 1. The molecule has 0 atom stereocenters. The summed E-state index contributed by atoms with van der Waals surface area (Å²) in [6, 6.07) is 19.6. The summed E-state index contributed by atoms with van der Waals surface area (Å²) in [4.78, 5) is 18.5. The first-order valence-electron chi connectivity index (χ1n) is 10.1. The Hall–Kier alpha value is -2.91. The van der Waals surface area contributed by atoms with Crippen molar-refractivity contribution < 1.29 is 9.63 Å². The van der Waals surface area contributed by atoms with Gasteiger partial charge in [0, 0.05) is 12.6 Å². The Balaban J connectivity index is 2.60. The molecule has 3 heteroatoms. The van der Waals surface area contributed by atoms with Crippen molar-refractivity contribution in [3.05, 3.63) is 96.1 Å². The van der Waals surface area contributed by atoms with E-state index in [2.05, 4.69) is 19.6 Å². The average molecular weight is 390 g/mol. The van der Waals surface area contributed by atoms with Crippen molar-refractivity contribution in [3.8, 4) is 0 Å². The lowest BCUT2D eigenvalue weighted by atomic mass is 9.89. The molecule has 0 aromatic heterocycles. The normalized spacial score (nSPS) is 12.0. The van der Waals surface area contributed by atoms with Gasteiger partial charge in [-0.3, -0.25) is 9.63 Å². The number of carbonyl (C=O) groups is 1. The van der Waals surface area contributed by atoms with Crippen molar-refractivity contribution in [2.45, 2.75) is 32.6 Å². The van der Waals surface area contributed by atoms with Crippen molar-refractivity contribution in [1.82, 2.24) is 5.06 Å². The van der Waals surface area contributed by atoms with E-state index < -0.39 is 0 Å². The van der Waals surface area contributed by atoms with Gasteiger partial charge in [0.2, 0.25) is 0 Å². The number of hydrogen-bond acceptors (Lipinski definition) is 2. The standard InChI is InChI=1S/C26H31NO2/c1-5-6-7-8-11-16-21(2)24(22-17-12-9-13-18-22)25(26(28)27(3)29-4)23-19-14-10-15-20-23/h9-20H,2,5-8H2,1,3-4H3/b16-11+,25-24+. The number of amides is 1. The Morgan fingerprint density at radius 2 is 1.52 bits per heavy atom. The summed E-state index contributed by atoms with van der Waals surface area (Å²) in [5.41, 5.74) is 3.99. The predicted molar refractivity (Wildman–Crippen MR) is 122 cm³/mol. The molecule has 152 valence electrons. The highest BCUT2D eigenvalue weighted by Gasteiger charge is 2.23. The van der Waals surface area contributed by atoms with Crippen LogP contribution in [-0.4, -0.2) is 25.1 Å². The van der Waals surface area contributed by atoms with Crippen LogP contribution in [0.3, 0.4) is 0 Å². The van der Waals surface area contributed by atoms with Crippen LogP contribution in [0.5, 0.6) is 0 Å². The maximum Gasteiger partial charge on any atom is 0.278 e. The summed E-state index contributed by atoms with van der Waals surface area (Å²) >= 11 is 0. The van der Waals surface area contributed by atoms with Crippen LogP contribution in [-0.2, 0) is 9.63 Å². The first-order chi connectivity index (χ1) is 14.1. The van der Waals surface area contributed by atoms with Crippen LogP contribution in [0.4, 0.5) is 0 Å². The lowest BCUT2D eigenvalue weighted by Crippen LogP contribution is -2.27. The summed E-state index contributed by atoms with van der Waals surface area (Å²) in [7, 11) is 3.11. The minimum Gasteiger partial charge on any atom is -0.274 e. The number of hydroxylamine groups is 2. The van der Waals surface area contributed by atoms with Gasteiger partial charge < -0.3 is 0 Å². The highest BCUT2D eigenvalue weighted by molar-refractivity contribution is 6.28. The second-order valence-corrected chi connectivity index (χ2v) is 6.89. The first-order valence-corrected chi connectivity index (χ1v) is 10.1. The van der Waals surface area contributed by atoms with Gasteiger partial charge in [0.05, 0.1) is 12.7 Å². The maximum absolute atomic E-state index is 13.3. The van der Waals surface area contributed by atoms with Gasteiger partial charge in [-0.1, -0.05) is 99.2 Å². The van der Waals surface area contributed by atoms with Gasteiger partial charge in [-0.05, 0) is 29.5 Å². The molecule has 0 radical (unpaired) electrons. The van der Waals surface area contributed by atoms with Gasteiger partial charge in [-0.25, -0.2) is 5.06 Å². The van der Waals surface area contributed by atoms with E-state index in [4.69, 9.17) is 4.84 Å². The number of hydrogen-bond donors (Lipinski definition) is 0. The van der Waals surface area contributed by atoms with Gasteiger partial charge >= 0.3 is 0 Å². The molecule has 0 aliphatic carbocycles. The molecule has 29 heavy (non-hydrogen) atoms. The third-order valence-electron chi connectivity index (χ3n) is 4.76. The molecular weight excluding hydrogens is 358 g/mol. The number of carbonyl (C=O) groups excluding carboxylic acids is 1. The zero-order valence-corrected chi connectivity index (χ0v) is 17.7. The van der Waals surface area contributed by atoms with Gasteiger partial charge in [0.15, 0.2) is 0 Å². The topological polar surface area (TPSA) is 29.5 Å². The van der Waals surface area contributed by atoms with E-state index in [1.54, 1.807) is 7.05 Å². The molecule has 0 unspecified atom stereocenters. The minimum atomic E-state index is -0.210. The average Bonchev–Trinajstić information content (AvgIpc) is 2.77. The minimum absolute atomic E-state index is 0.210. The third-order valence-corrected chi connectivity index (χ3v) is 4.76. The van der Waals surface area contributed by atoms with Crippen LogP contribution in [0.2, 0.25) is 0 Å². The lowest BCUT2D eigenvalue weighted by Gasteiger charge is -2.21. The molecule has 0 spiro atoms. The molecule has 0 saturated heterocycles. The summed E-state index contributed by atoms with van der Waals surface area (Å²) in [6.45, 7) is 6.50. The van der Waals surface area contributed by atoms with E-state index in [0.29, 0.717) is 5.57 Å². The highest BCUT2D eigenvalue weighted by atomic mass is 16.7. The van der Waals surface area contributed by atoms with Crippen molar-refractivity contribution in [1.29, 1.82) is 0 Å². The number of nitrogens with zero attached hydrogens (tertiary/aromatic N) is 1. The van der Waals surface area contributed by atoms with E-state index >= 15 is 0 Å². The maximum atomic E-state index is 13.3. The molecule has 0 N–H and O–H groups in total. The van der Waals surface area contributed by atoms with Gasteiger partial charge in [0.1, 0.15) is 0 Å². The molecule has 0 saturated carbocycles. The fourth-order valence-electron chi connectivity index (χ4n) is 3.14. The third kappa shape index (κ3) is 6.30. The molecule has 0 aliphatic heterocycles. The Labute approximate surface area is 175 Å². The van der Waals surface area contributed by atoms with E-state index in [9.17, 15) is 4.79 Å². The first kappa shape index (κ1) is 22.4. The van der Waals surface area contributed by atoms with Crippen molar-refractivity contribution in [2.24, 2.45) is 0 Å². The predicted octanol–water partition coefficient (Wildman–Crippen LogP) is 6.31. The zero-order valence-electron chi connectivity index (χ0n) is 17.7. The Kier molecular flexibility index (Phi) is 9.13. The summed E-state index contributed by atoms with van der Waals surface area (Å²) in [5.74, 6) is -0.210. The SMILES string of the molecule is C=C(/C=C/CCCCC)/C(=C(\C(=O)N(C)OC)c1ccccc1)c1ccccc1. The molecule has 2 rings (SSSR count). The van der Waals surface area contributed by atoms with Crippen LogP contribution in [0.15, 0.2) is 85.0 Å². The molecular formula is C26H31NO2. The Bertz CT molecular complexity index is 851. The van der Waals surface area contributed by atoms with Crippen molar-refractivity contribution in [2.75, 3.05) is 14.2 Å². The Morgan fingerprint density at radius 1 is 0.966 bits per heavy atom. The number of unbranched alkanes of at least 4 members (excludes halogenated alkanes) is 3.